The molecule has 35 heavy (non-hydrogen) atoms. The maximum Gasteiger partial charge on any atom is 0.265 e. The van der Waals surface area contributed by atoms with Crippen molar-refractivity contribution < 1.29 is 22.7 Å². The molecule has 0 saturated carbocycles. The maximum atomic E-state index is 13.3. The summed E-state index contributed by atoms with van der Waals surface area (Å²) in [7, 11) is -2.60. The molecule has 2 N–H and O–H groups in total. The lowest BCUT2D eigenvalue weighted by Crippen LogP contribution is -2.33. The van der Waals surface area contributed by atoms with Crippen molar-refractivity contribution in [2.45, 2.75) is 51.0 Å². The molecule has 0 unspecified atom stereocenters. The number of hydrogen-bond acceptors (Lipinski definition) is 5. The number of ether oxygens (including phenoxy) is 2. The summed E-state index contributed by atoms with van der Waals surface area (Å²) in [6.45, 7) is 7.66. The zero-order valence-electron chi connectivity index (χ0n) is 20.6. The van der Waals surface area contributed by atoms with Crippen LogP contribution in [0.2, 0.25) is 0 Å². The molecule has 0 bridgehead atoms. The molecule has 0 radical (unpaired) electrons. The number of nitrogens with one attached hydrogen (secondary N) is 2. The smallest absolute Gasteiger partial charge is 0.265 e. The Hall–Kier alpha value is -3.52. The summed E-state index contributed by atoms with van der Waals surface area (Å²) in [6, 6.07) is 15.6. The van der Waals surface area contributed by atoms with Gasteiger partial charge in [0.15, 0.2) is 0 Å². The molecule has 1 amide bonds. The number of sulfonamides is 1. The molecular formula is C27H30N2O5S. The van der Waals surface area contributed by atoms with Crippen molar-refractivity contribution in [3.8, 4) is 11.5 Å². The van der Waals surface area contributed by atoms with Gasteiger partial charge in [0.05, 0.1) is 18.4 Å². The van der Waals surface area contributed by atoms with Crippen molar-refractivity contribution in [2.75, 3.05) is 17.1 Å². The molecule has 0 spiro atoms. The summed E-state index contributed by atoms with van der Waals surface area (Å²) in [5.74, 6) is 0.360. The van der Waals surface area contributed by atoms with Crippen LogP contribution in [-0.4, -0.2) is 27.0 Å². The number of para-hydroxylation sites is 2. The Kier molecular flexibility index (Phi) is 6.51. The third-order valence-corrected chi connectivity index (χ3v) is 7.52. The van der Waals surface area contributed by atoms with Gasteiger partial charge < -0.3 is 14.8 Å². The van der Waals surface area contributed by atoms with E-state index in [1.165, 1.54) is 19.2 Å². The quantitative estimate of drug-likeness (QED) is 0.474. The molecule has 4 rings (SSSR count). The third kappa shape index (κ3) is 5.12. The maximum absolute atomic E-state index is 13.3. The minimum Gasteiger partial charge on any atom is -0.495 e. The molecule has 8 heteroatoms. The molecule has 0 aliphatic carbocycles. The van der Waals surface area contributed by atoms with Gasteiger partial charge in [0.1, 0.15) is 22.0 Å². The van der Waals surface area contributed by atoms with E-state index in [1.807, 2.05) is 58.0 Å². The highest BCUT2D eigenvalue weighted by atomic mass is 32.2. The van der Waals surface area contributed by atoms with E-state index in [1.54, 1.807) is 12.1 Å². The van der Waals surface area contributed by atoms with Gasteiger partial charge in [-0.25, -0.2) is 8.42 Å². The molecule has 7 nitrogen and oxygen atoms in total. The van der Waals surface area contributed by atoms with Gasteiger partial charge >= 0.3 is 0 Å². The van der Waals surface area contributed by atoms with Crippen LogP contribution in [0.3, 0.4) is 0 Å². The molecule has 3 aromatic carbocycles. The Bertz CT molecular complexity index is 1380. The number of benzene rings is 3. The highest BCUT2D eigenvalue weighted by molar-refractivity contribution is 7.92. The zero-order chi connectivity index (χ0) is 25.4. The van der Waals surface area contributed by atoms with Crippen molar-refractivity contribution in [1.82, 2.24) is 0 Å². The number of anilines is 2. The second kappa shape index (κ2) is 9.26. The minimum atomic E-state index is -4.00. The van der Waals surface area contributed by atoms with Crippen LogP contribution in [0.15, 0.2) is 59.5 Å². The molecule has 1 heterocycles. The second-order valence-electron chi connectivity index (χ2n) is 9.35. The summed E-state index contributed by atoms with van der Waals surface area (Å²) >= 11 is 0. The monoisotopic (exact) mass is 494 g/mol. The predicted octanol–water partition coefficient (Wildman–Crippen LogP) is 5.47. The summed E-state index contributed by atoms with van der Waals surface area (Å²) in [5, 5.41) is 2.82. The molecule has 0 atom stereocenters. The normalized spacial score (nSPS) is 14.4. The lowest BCUT2D eigenvalue weighted by atomic mass is 9.92. The van der Waals surface area contributed by atoms with E-state index in [2.05, 4.69) is 10.0 Å². The van der Waals surface area contributed by atoms with E-state index >= 15 is 0 Å². The summed E-state index contributed by atoms with van der Waals surface area (Å²) in [6.07, 6.45) is 1.68. The Labute approximate surface area is 206 Å². The third-order valence-electron chi connectivity index (χ3n) is 6.14. The topological polar surface area (TPSA) is 93.7 Å². The standard InChI is InChI=1S/C27H30N2O5S/c1-17-8-6-9-18(2)24(17)29-35(31,32)23-16-20(12-13-22(23)33-5)28-26(30)21-11-7-10-19-14-15-27(3,4)34-25(19)21/h6-13,16,29H,14-15H2,1-5H3,(H,28,30). The zero-order valence-corrected chi connectivity index (χ0v) is 21.4. The van der Waals surface area contributed by atoms with Crippen LogP contribution >= 0.6 is 0 Å². The van der Waals surface area contributed by atoms with Crippen molar-refractivity contribution in [3.63, 3.8) is 0 Å². The summed E-state index contributed by atoms with van der Waals surface area (Å²) in [4.78, 5) is 13.1. The van der Waals surface area contributed by atoms with Gasteiger partial charge in [-0.05, 0) is 81.5 Å². The first-order valence-electron chi connectivity index (χ1n) is 11.4. The van der Waals surface area contributed by atoms with Crippen LogP contribution in [0.4, 0.5) is 11.4 Å². The number of amides is 1. The van der Waals surface area contributed by atoms with Crippen LogP contribution in [-0.2, 0) is 16.4 Å². The van der Waals surface area contributed by atoms with Crippen molar-refractivity contribution in [2.24, 2.45) is 0 Å². The van der Waals surface area contributed by atoms with Crippen LogP contribution in [0.25, 0.3) is 0 Å². The highest BCUT2D eigenvalue weighted by Gasteiger charge is 2.30. The van der Waals surface area contributed by atoms with Gasteiger partial charge in [0.25, 0.3) is 15.9 Å². The summed E-state index contributed by atoms with van der Waals surface area (Å²) < 4.78 is 40.8. The second-order valence-corrected chi connectivity index (χ2v) is 11.0. The van der Waals surface area contributed by atoms with E-state index in [-0.39, 0.29) is 22.2 Å². The van der Waals surface area contributed by atoms with E-state index in [9.17, 15) is 13.2 Å². The minimum absolute atomic E-state index is 0.0760. The average molecular weight is 495 g/mol. The van der Waals surface area contributed by atoms with Gasteiger partial charge in [-0.1, -0.05) is 30.3 Å². The van der Waals surface area contributed by atoms with Crippen LogP contribution in [0, 0.1) is 13.8 Å². The molecule has 1 aliphatic rings. The molecule has 1 aliphatic heterocycles. The van der Waals surface area contributed by atoms with Crippen molar-refractivity contribution in [3.05, 3.63) is 76.9 Å². The average Bonchev–Trinajstić information content (AvgIpc) is 2.80. The molecule has 0 aromatic heterocycles. The fourth-order valence-electron chi connectivity index (χ4n) is 4.17. The molecule has 3 aromatic rings. The van der Waals surface area contributed by atoms with Gasteiger partial charge in [0, 0.05) is 5.69 Å². The van der Waals surface area contributed by atoms with E-state index in [0.29, 0.717) is 22.7 Å². The number of rotatable bonds is 6. The number of aryl methyl sites for hydroxylation is 3. The van der Waals surface area contributed by atoms with Gasteiger partial charge in [-0.3, -0.25) is 9.52 Å². The Morgan fingerprint density at radius 2 is 1.71 bits per heavy atom. The largest absolute Gasteiger partial charge is 0.495 e. The molecule has 0 saturated heterocycles. The van der Waals surface area contributed by atoms with Gasteiger partial charge in [-0.2, -0.15) is 0 Å². The first-order chi connectivity index (χ1) is 16.5. The molecule has 0 fully saturated rings. The highest BCUT2D eigenvalue weighted by Crippen LogP contribution is 2.36. The van der Waals surface area contributed by atoms with E-state index in [4.69, 9.17) is 9.47 Å². The Morgan fingerprint density at radius 1 is 1.03 bits per heavy atom. The summed E-state index contributed by atoms with van der Waals surface area (Å²) in [5.41, 5.74) is 3.45. The SMILES string of the molecule is COc1ccc(NC(=O)c2cccc3c2OC(C)(C)CC3)cc1S(=O)(=O)Nc1c(C)cccc1C. The number of carbonyl (C=O) groups is 1. The van der Waals surface area contributed by atoms with Gasteiger partial charge in [0.2, 0.25) is 0 Å². The fraction of sp³-hybridized carbons (Fsp3) is 0.296. The Balaban J connectivity index is 1.66. The predicted molar refractivity (Wildman–Crippen MR) is 137 cm³/mol. The molecule has 184 valence electrons. The van der Waals surface area contributed by atoms with Crippen molar-refractivity contribution >= 4 is 27.3 Å². The van der Waals surface area contributed by atoms with Crippen LogP contribution in [0.1, 0.15) is 47.3 Å². The van der Waals surface area contributed by atoms with E-state index in [0.717, 1.165) is 29.5 Å². The Morgan fingerprint density at radius 3 is 2.40 bits per heavy atom. The van der Waals surface area contributed by atoms with E-state index < -0.39 is 10.0 Å². The first-order valence-corrected chi connectivity index (χ1v) is 12.9. The van der Waals surface area contributed by atoms with Gasteiger partial charge in [-0.15, -0.1) is 0 Å². The number of hydrogen-bond donors (Lipinski definition) is 2. The fourth-order valence-corrected chi connectivity index (χ4v) is 5.57. The van der Waals surface area contributed by atoms with Crippen molar-refractivity contribution in [1.29, 1.82) is 0 Å². The lowest BCUT2D eigenvalue weighted by Gasteiger charge is -2.33. The lowest BCUT2D eigenvalue weighted by molar-refractivity contribution is 0.0811. The number of carbonyl (C=O) groups excluding carboxylic acids is 1. The number of methoxy groups -OCH3 is 1. The number of fused-ring (bicyclic) bond motifs is 1. The van der Waals surface area contributed by atoms with Crippen LogP contribution < -0.4 is 19.5 Å². The van der Waals surface area contributed by atoms with Crippen LogP contribution in [0.5, 0.6) is 11.5 Å². The first kappa shape index (κ1) is 24.6. The molecular weight excluding hydrogens is 464 g/mol.